The molecule has 6 heteroatoms. The van der Waals surface area contributed by atoms with Crippen LogP contribution in [0.4, 0.5) is 24.7 Å². The van der Waals surface area contributed by atoms with E-state index in [1.807, 2.05) is 0 Å². The van der Waals surface area contributed by atoms with Gasteiger partial charge in [-0.15, -0.1) is 0 Å². The molecule has 0 saturated heterocycles. The molecule has 0 amide bonds. The number of hydrogen-bond donors (Lipinski definition) is 1. The Morgan fingerprint density at radius 1 is 1.44 bits per heavy atom. The lowest BCUT2D eigenvalue weighted by atomic mass is 10.2. The van der Waals surface area contributed by atoms with E-state index in [-0.39, 0.29) is 6.54 Å². The van der Waals surface area contributed by atoms with Crippen molar-refractivity contribution in [1.82, 2.24) is 4.98 Å². The first-order valence-electron chi connectivity index (χ1n) is 4.79. The summed E-state index contributed by atoms with van der Waals surface area (Å²) in [5.74, 6) is 0.526. The molecule has 0 spiro atoms. The van der Waals surface area contributed by atoms with E-state index in [2.05, 4.69) is 4.98 Å². The van der Waals surface area contributed by atoms with Gasteiger partial charge in [0.15, 0.2) is 0 Å². The average molecular weight is 233 g/mol. The summed E-state index contributed by atoms with van der Waals surface area (Å²) in [6, 6.07) is 1.69. The molecule has 0 saturated carbocycles. The standard InChI is InChI=1S/C10H14F3N3/c1-7-5-8(14)6-15-9(7)16(2)4-3-10(11,12)13/h5-6H,3-4,14H2,1-2H3. The van der Waals surface area contributed by atoms with Gasteiger partial charge >= 0.3 is 6.18 Å². The van der Waals surface area contributed by atoms with E-state index in [1.165, 1.54) is 11.1 Å². The molecule has 0 aliphatic heterocycles. The third-order valence-corrected chi connectivity index (χ3v) is 2.16. The number of anilines is 2. The van der Waals surface area contributed by atoms with Gasteiger partial charge in [-0.1, -0.05) is 0 Å². The molecule has 0 fully saturated rings. The van der Waals surface area contributed by atoms with Crippen LogP contribution in [0.2, 0.25) is 0 Å². The van der Waals surface area contributed by atoms with Crippen molar-refractivity contribution in [2.75, 3.05) is 24.2 Å². The Bertz CT molecular complexity index is 363. The number of aromatic nitrogens is 1. The number of alkyl halides is 3. The van der Waals surface area contributed by atoms with Gasteiger partial charge in [-0.05, 0) is 18.6 Å². The number of aryl methyl sites for hydroxylation is 1. The number of nitrogens with two attached hydrogens (primary N) is 1. The molecule has 1 rings (SSSR count). The fourth-order valence-electron chi connectivity index (χ4n) is 1.39. The molecule has 2 N–H and O–H groups in total. The summed E-state index contributed by atoms with van der Waals surface area (Å²) in [6.45, 7) is 1.66. The van der Waals surface area contributed by atoms with Crippen LogP contribution in [0.5, 0.6) is 0 Å². The summed E-state index contributed by atoms with van der Waals surface area (Å²) in [6.07, 6.45) is -3.56. The van der Waals surface area contributed by atoms with Gasteiger partial charge in [-0.3, -0.25) is 0 Å². The molecule has 1 aromatic rings. The van der Waals surface area contributed by atoms with Crippen LogP contribution >= 0.6 is 0 Å². The summed E-state index contributed by atoms with van der Waals surface area (Å²) in [5.41, 5.74) is 6.78. The molecule has 0 aliphatic rings. The van der Waals surface area contributed by atoms with Gasteiger partial charge in [0.2, 0.25) is 0 Å². The van der Waals surface area contributed by atoms with E-state index >= 15 is 0 Å². The lowest BCUT2D eigenvalue weighted by Crippen LogP contribution is -2.25. The second-order valence-electron chi connectivity index (χ2n) is 3.70. The third kappa shape index (κ3) is 3.60. The monoisotopic (exact) mass is 233 g/mol. The first kappa shape index (κ1) is 12.6. The molecular weight excluding hydrogens is 219 g/mol. The average Bonchev–Trinajstić information content (AvgIpc) is 2.13. The SMILES string of the molecule is Cc1cc(N)cnc1N(C)CCC(F)(F)F. The van der Waals surface area contributed by atoms with Gasteiger partial charge in [0.25, 0.3) is 0 Å². The molecule has 16 heavy (non-hydrogen) atoms. The zero-order valence-corrected chi connectivity index (χ0v) is 9.17. The summed E-state index contributed by atoms with van der Waals surface area (Å²) in [4.78, 5) is 5.49. The van der Waals surface area contributed by atoms with E-state index in [1.54, 1.807) is 20.0 Å². The maximum absolute atomic E-state index is 12.0. The van der Waals surface area contributed by atoms with Gasteiger partial charge in [0.05, 0.1) is 18.3 Å². The van der Waals surface area contributed by atoms with E-state index in [4.69, 9.17) is 5.73 Å². The first-order valence-corrected chi connectivity index (χ1v) is 4.79. The second-order valence-corrected chi connectivity index (χ2v) is 3.70. The smallest absolute Gasteiger partial charge is 0.390 e. The maximum atomic E-state index is 12.0. The normalized spacial score (nSPS) is 11.6. The molecule has 0 aliphatic carbocycles. The Labute approximate surface area is 92.1 Å². The van der Waals surface area contributed by atoms with Gasteiger partial charge in [0.1, 0.15) is 5.82 Å². The molecule has 0 unspecified atom stereocenters. The first-order chi connectivity index (χ1) is 7.29. The quantitative estimate of drug-likeness (QED) is 0.871. The topological polar surface area (TPSA) is 42.1 Å². The molecule has 0 atom stereocenters. The summed E-state index contributed by atoms with van der Waals surface area (Å²) in [7, 11) is 1.58. The van der Waals surface area contributed by atoms with Crippen molar-refractivity contribution < 1.29 is 13.2 Å². The third-order valence-electron chi connectivity index (χ3n) is 2.16. The highest BCUT2D eigenvalue weighted by molar-refractivity contribution is 5.52. The van der Waals surface area contributed by atoms with E-state index < -0.39 is 12.6 Å². The van der Waals surface area contributed by atoms with Crippen LogP contribution in [0.3, 0.4) is 0 Å². The van der Waals surface area contributed by atoms with Crippen molar-refractivity contribution in [3.63, 3.8) is 0 Å². The van der Waals surface area contributed by atoms with E-state index in [0.29, 0.717) is 11.5 Å². The van der Waals surface area contributed by atoms with Gasteiger partial charge in [-0.25, -0.2) is 4.98 Å². The number of rotatable bonds is 3. The zero-order chi connectivity index (χ0) is 12.3. The van der Waals surface area contributed by atoms with Crippen LogP contribution in [0.15, 0.2) is 12.3 Å². The molecule has 1 heterocycles. The predicted octanol–water partition coefficient (Wildman–Crippen LogP) is 2.36. The Morgan fingerprint density at radius 3 is 2.56 bits per heavy atom. The van der Waals surface area contributed by atoms with Crippen LogP contribution in [0.1, 0.15) is 12.0 Å². The Hall–Kier alpha value is -1.46. The van der Waals surface area contributed by atoms with Crippen LogP contribution in [-0.4, -0.2) is 24.8 Å². The number of pyridine rings is 1. The highest BCUT2D eigenvalue weighted by atomic mass is 19.4. The summed E-state index contributed by atoms with van der Waals surface area (Å²) < 4.78 is 36.1. The summed E-state index contributed by atoms with van der Waals surface area (Å²) in [5, 5.41) is 0. The lowest BCUT2D eigenvalue weighted by Gasteiger charge is -2.20. The molecule has 0 bridgehead atoms. The minimum absolute atomic E-state index is 0.110. The molecule has 0 radical (unpaired) electrons. The van der Waals surface area contributed by atoms with Crippen LogP contribution < -0.4 is 10.6 Å². The Morgan fingerprint density at radius 2 is 2.06 bits per heavy atom. The number of nitrogen functional groups attached to an aromatic ring is 1. The minimum atomic E-state index is -4.14. The van der Waals surface area contributed by atoms with Crippen LogP contribution in [-0.2, 0) is 0 Å². The van der Waals surface area contributed by atoms with Crippen molar-refractivity contribution in [2.45, 2.75) is 19.5 Å². The van der Waals surface area contributed by atoms with Gasteiger partial charge in [0, 0.05) is 13.6 Å². The predicted molar refractivity (Wildman–Crippen MR) is 57.3 cm³/mol. The maximum Gasteiger partial charge on any atom is 0.390 e. The van der Waals surface area contributed by atoms with Crippen molar-refractivity contribution in [1.29, 1.82) is 0 Å². The van der Waals surface area contributed by atoms with Gasteiger partial charge < -0.3 is 10.6 Å². The fraction of sp³-hybridized carbons (Fsp3) is 0.500. The molecule has 90 valence electrons. The van der Waals surface area contributed by atoms with Crippen molar-refractivity contribution in [3.05, 3.63) is 17.8 Å². The van der Waals surface area contributed by atoms with E-state index in [0.717, 1.165) is 5.56 Å². The fourth-order valence-corrected chi connectivity index (χ4v) is 1.39. The molecule has 0 aromatic carbocycles. The number of nitrogens with zero attached hydrogens (tertiary/aromatic N) is 2. The molecular formula is C10H14F3N3. The minimum Gasteiger partial charge on any atom is -0.397 e. The number of hydrogen-bond acceptors (Lipinski definition) is 3. The second kappa shape index (κ2) is 4.59. The van der Waals surface area contributed by atoms with Crippen molar-refractivity contribution in [3.8, 4) is 0 Å². The van der Waals surface area contributed by atoms with Crippen LogP contribution in [0, 0.1) is 6.92 Å². The lowest BCUT2D eigenvalue weighted by molar-refractivity contribution is -0.132. The largest absolute Gasteiger partial charge is 0.397 e. The zero-order valence-electron chi connectivity index (χ0n) is 9.17. The highest BCUT2D eigenvalue weighted by Crippen LogP contribution is 2.22. The van der Waals surface area contributed by atoms with Crippen LogP contribution in [0.25, 0.3) is 0 Å². The van der Waals surface area contributed by atoms with Gasteiger partial charge in [-0.2, -0.15) is 13.2 Å². The highest BCUT2D eigenvalue weighted by Gasteiger charge is 2.27. The number of halogens is 3. The molecule has 3 nitrogen and oxygen atoms in total. The Balaban J connectivity index is 2.70. The molecule has 1 aromatic heterocycles. The van der Waals surface area contributed by atoms with Crippen molar-refractivity contribution in [2.24, 2.45) is 0 Å². The Kier molecular flexibility index (Phi) is 3.62. The van der Waals surface area contributed by atoms with E-state index in [9.17, 15) is 13.2 Å². The summed E-state index contributed by atoms with van der Waals surface area (Å²) >= 11 is 0. The van der Waals surface area contributed by atoms with Crippen molar-refractivity contribution >= 4 is 11.5 Å².